The minimum Gasteiger partial charge on any atom is -0.360 e. The molecule has 6 heteroatoms. The van der Waals surface area contributed by atoms with E-state index in [0.717, 1.165) is 69.0 Å². The summed E-state index contributed by atoms with van der Waals surface area (Å²) in [7, 11) is 0. The largest absolute Gasteiger partial charge is 0.360 e. The van der Waals surface area contributed by atoms with Crippen LogP contribution in [0, 0.1) is 6.92 Å². The van der Waals surface area contributed by atoms with E-state index in [9.17, 15) is 4.79 Å². The van der Waals surface area contributed by atoms with Crippen molar-refractivity contribution in [2.75, 3.05) is 63.8 Å². The maximum Gasteiger partial charge on any atom is 0.277 e. The summed E-state index contributed by atoms with van der Waals surface area (Å²) >= 11 is 6.14. The first-order chi connectivity index (χ1) is 13.1. The van der Waals surface area contributed by atoms with Crippen LogP contribution in [-0.2, 0) is 4.79 Å². The number of rotatable bonds is 4. The normalized spacial score (nSPS) is 22.7. The third kappa shape index (κ3) is 4.41. The zero-order valence-electron chi connectivity index (χ0n) is 16.4. The van der Waals surface area contributed by atoms with Crippen molar-refractivity contribution < 1.29 is 9.69 Å². The summed E-state index contributed by atoms with van der Waals surface area (Å²) in [6.45, 7) is 10.7. The SMILES string of the molecule is Cc1cc(N2CC[NH+](CC(=O)N3CCN(C4CCC4)CC3)CC2)ccc1Cl. The fourth-order valence-electron chi connectivity index (χ4n) is 4.50. The number of carbonyl (C=O) groups is 1. The van der Waals surface area contributed by atoms with Crippen LogP contribution in [0.2, 0.25) is 5.02 Å². The molecule has 4 rings (SSSR count). The number of hydrogen-bond acceptors (Lipinski definition) is 3. The second-order valence-corrected chi connectivity index (χ2v) is 8.76. The lowest BCUT2D eigenvalue weighted by atomic mass is 9.91. The first-order valence-electron chi connectivity index (χ1n) is 10.5. The van der Waals surface area contributed by atoms with Gasteiger partial charge in [-0.3, -0.25) is 9.69 Å². The van der Waals surface area contributed by atoms with Gasteiger partial charge in [0.15, 0.2) is 6.54 Å². The smallest absolute Gasteiger partial charge is 0.277 e. The minimum atomic E-state index is 0.342. The molecule has 1 N–H and O–H groups in total. The molecule has 1 aromatic rings. The maximum absolute atomic E-state index is 12.7. The van der Waals surface area contributed by atoms with Crippen molar-refractivity contribution in [3.8, 4) is 0 Å². The minimum absolute atomic E-state index is 0.342. The average molecular weight is 392 g/mol. The van der Waals surface area contributed by atoms with E-state index in [1.54, 1.807) is 0 Å². The highest BCUT2D eigenvalue weighted by Crippen LogP contribution is 2.25. The molecule has 0 radical (unpaired) electrons. The molecule has 0 spiro atoms. The van der Waals surface area contributed by atoms with Gasteiger partial charge in [0.25, 0.3) is 5.91 Å². The molecule has 3 aliphatic rings. The molecule has 0 atom stereocenters. The number of amides is 1. The van der Waals surface area contributed by atoms with Crippen LogP contribution in [0.15, 0.2) is 18.2 Å². The number of anilines is 1. The second kappa shape index (κ2) is 8.38. The Hall–Kier alpha value is -1.30. The van der Waals surface area contributed by atoms with E-state index in [2.05, 4.69) is 33.8 Å². The van der Waals surface area contributed by atoms with Crippen LogP contribution < -0.4 is 9.80 Å². The molecule has 1 aromatic carbocycles. The number of quaternary nitrogens is 1. The summed E-state index contributed by atoms with van der Waals surface area (Å²) < 4.78 is 0. The zero-order chi connectivity index (χ0) is 18.8. The van der Waals surface area contributed by atoms with Gasteiger partial charge in [-0.15, -0.1) is 0 Å². The third-order valence-corrected chi connectivity index (χ3v) is 7.06. The van der Waals surface area contributed by atoms with Gasteiger partial charge in [-0.25, -0.2) is 0 Å². The van der Waals surface area contributed by atoms with Gasteiger partial charge < -0.3 is 14.7 Å². The van der Waals surface area contributed by atoms with Crippen molar-refractivity contribution in [3.63, 3.8) is 0 Å². The number of benzene rings is 1. The quantitative estimate of drug-likeness (QED) is 0.832. The Morgan fingerprint density at radius 3 is 2.41 bits per heavy atom. The summed E-state index contributed by atoms with van der Waals surface area (Å²) in [5, 5.41) is 0.825. The number of hydrogen-bond donors (Lipinski definition) is 1. The zero-order valence-corrected chi connectivity index (χ0v) is 17.2. The average Bonchev–Trinajstić information content (AvgIpc) is 2.64. The molecule has 0 unspecified atom stereocenters. The molecule has 3 fully saturated rings. The monoisotopic (exact) mass is 391 g/mol. The topological polar surface area (TPSA) is 31.2 Å². The lowest BCUT2D eigenvalue weighted by Crippen LogP contribution is -3.16. The number of nitrogens with zero attached hydrogens (tertiary/aromatic N) is 3. The lowest BCUT2D eigenvalue weighted by molar-refractivity contribution is -0.892. The molecule has 1 amide bonds. The predicted octanol–water partition coefficient (Wildman–Crippen LogP) is 1.05. The van der Waals surface area contributed by atoms with E-state index in [-0.39, 0.29) is 0 Å². The fourth-order valence-corrected chi connectivity index (χ4v) is 4.62. The van der Waals surface area contributed by atoms with Gasteiger partial charge in [0.1, 0.15) is 0 Å². The van der Waals surface area contributed by atoms with Crippen molar-refractivity contribution in [2.24, 2.45) is 0 Å². The number of nitrogens with one attached hydrogen (secondary N) is 1. The molecule has 2 aliphatic heterocycles. The summed E-state index contributed by atoms with van der Waals surface area (Å²) in [6.07, 6.45) is 4.10. The fraction of sp³-hybridized carbons (Fsp3) is 0.667. The Morgan fingerprint density at radius 1 is 1.11 bits per heavy atom. The van der Waals surface area contributed by atoms with Crippen LogP contribution in [0.4, 0.5) is 5.69 Å². The molecule has 2 saturated heterocycles. The predicted molar refractivity (Wildman–Crippen MR) is 110 cm³/mol. The Bertz CT molecular complexity index is 662. The van der Waals surface area contributed by atoms with Gasteiger partial charge in [-0.05, 0) is 43.5 Å². The van der Waals surface area contributed by atoms with Crippen LogP contribution in [0.5, 0.6) is 0 Å². The van der Waals surface area contributed by atoms with Crippen LogP contribution >= 0.6 is 11.6 Å². The van der Waals surface area contributed by atoms with Crippen molar-refractivity contribution in [1.29, 1.82) is 0 Å². The highest BCUT2D eigenvalue weighted by Gasteiger charge is 2.31. The number of carbonyl (C=O) groups excluding carboxylic acids is 1. The summed E-state index contributed by atoms with van der Waals surface area (Å²) in [4.78, 5) is 21.2. The van der Waals surface area contributed by atoms with E-state index in [4.69, 9.17) is 11.6 Å². The molecule has 27 heavy (non-hydrogen) atoms. The standard InChI is InChI=1S/C21H31ClN4O/c1-17-15-19(5-6-20(17)22)25-9-7-23(8-10-25)16-21(27)26-13-11-24(12-14-26)18-3-2-4-18/h5-6,15,18H,2-4,7-14,16H2,1H3/p+1. The van der Waals surface area contributed by atoms with Crippen molar-refractivity contribution in [1.82, 2.24) is 9.80 Å². The third-order valence-electron chi connectivity index (χ3n) is 6.64. The van der Waals surface area contributed by atoms with Gasteiger partial charge in [0, 0.05) is 42.9 Å². The molecule has 2 heterocycles. The van der Waals surface area contributed by atoms with E-state index >= 15 is 0 Å². The van der Waals surface area contributed by atoms with Gasteiger partial charge in [-0.2, -0.15) is 0 Å². The maximum atomic E-state index is 12.7. The first kappa shape index (κ1) is 19.0. The van der Waals surface area contributed by atoms with E-state index in [1.165, 1.54) is 29.8 Å². The van der Waals surface area contributed by atoms with E-state index in [0.29, 0.717) is 12.5 Å². The lowest BCUT2D eigenvalue weighted by Gasteiger charge is -2.43. The molecular formula is C21H32ClN4O+. The Labute approximate surface area is 167 Å². The van der Waals surface area contributed by atoms with Gasteiger partial charge in [0.05, 0.1) is 26.2 Å². The molecule has 0 aromatic heterocycles. The van der Waals surface area contributed by atoms with Crippen molar-refractivity contribution in [2.45, 2.75) is 32.2 Å². The van der Waals surface area contributed by atoms with Crippen LogP contribution in [0.3, 0.4) is 0 Å². The summed E-state index contributed by atoms with van der Waals surface area (Å²) in [5.41, 5.74) is 2.37. The van der Waals surface area contributed by atoms with Gasteiger partial charge in [0.2, 0.25) is 0 Å². The highest BCUT2D eigenvalue weighted by atomic mass is 35.5. The van der Waals surface area contributed by atoms with E-state index in [1.807, 2.05) is 6.07 Å². The van der Waals surface area contributed by atoms with Crippen LogP contribution in [-0.4, -0.2) is 80.7 Å². The highest BCUT2D eigenvalue weighted by molar-refractivity contribution is 6.31. The van der Waals surface area contributed by atoms with Crippen LogP contribution in [0.1, 0.15) is 24.8 Å². The van der Waals surface area contributed by atoms with E-state index < -0.39 is 0 Å². The second-order valence-electron chi connectivity index (χ2n) is 8.35. The number of halogens is 1. The summed E-state index contributed by atoms with van der Waals surface area (Å²) in [6, 6.07) is 7.06. The molecule has 5 nitrogen and oxygen atoms in total. The number of aryl methyl sites for hydroxylation is 1. The Kier molecular flexibility index (Phi) is 5.90. The molecule has 1 aliphatic carbocycles. The molecular weight excluding hydrogens is 360 g/mol. The van der Waals surface area contributed by atoms with Gasteiger partial charge >= 0.3 is 0 Å². The molecule has 148 valence electrons. The Balaban J connectivity index is 1.22. The molecule has 0 bridgehead atoms. The van der Waals surface area contributed by atoms with Crippen molar-refractivity contribution in [3.05, 3.63) is 28.8 Å². The summed E-state index contributed by atoms with van der Waals surface area (Å²) in [5.74, 6) is 0.342. The Morgan fingerprint density at radius 2 is 1.81 bits per heavy atom. The van der Waals surface area contributed by atoms with Crippen LogP contribution in [0.25, 0.3) is 0 Å². The first-order valence-corrected chi connectivity index (χ1v) is 10.8. The van der Waals surface area contributed by atoms with Crippen molar-refractivity contribution >= 4 is 23.2 Å². The number of piperazine rings is 2. The van der Waals surface area contributed by atoms with Gasteiger partial charge in [-0.1, -0.05) is 18.0 Å². The molecule has 1 saturated carbocycles.